The summed E-state index contributed by atoms with van der Waals surface area (Å²) in [5.74, 6) is 2.17. The molecule has 2 aromatic carbocycles. The number of methoxy groups -OCH3 is 1. The van der Waals surface area contributed by atoms with E-state index < -0.39 is 0 Å². The van der Waals surface area contributed by atoms with Crippen LogP contribution in [0.3, 0.4) is 0 Å². The monoisotopic (exact) mass is 411 g/mol. The summed E-state index contributed by atoms with van der Waals surface area (Å²) in [4.78, 5) is 4.34. The van der Waals surface area contributed by atoms with Gasteiger partial charge in [0.25, 0.3) is 0 Å². The number of rotatable bonds is 9. The minimum absolute atomic E-state index is 0.482. The lowest BCUT2D eigenvalue weighted by atomic mass is 10.1. The van der Waals surface area contributed by atoms with Gasteiger partial charge in [-0.25, -0.2) is 0 Å². The molecule has 1 fully saturated rings. The third-order valence-corrected chi connectivity index (χ3v) is 5.19. The molecule has 162 valence electrons. The molecule has 1 aliphatic rings. The predicted octanol–water partition coefficient (Wildman–Crippen LogP) is 3.42. The maximum absolute atomic E-state index is 6.14. The lowest BCUT2D eigenvalue weighted by Gasteiger charge is -2.17. The van der Waals surface area contributed by atoms with Crippen molar-refractivity contribution < 1.29 is 14.2 Å². The maximum atomic E-state index is 6.14. The second kappa shape index (κ2) is 11.6. The summed E-state index contributed by atoms with van der Waals surface area (Å²) in [5, 5.41) is 6.75. The highest BCUT2D eigenvalue weighted by Gasteiger charge is 2.17. The molecule has 0 bridgehead atoms. The smallest absolute Gasteiger partial charge is 0.191 e. The molecule has 6 nitrogen and oxygen atoms in total. The van der Waals surface area contributed by atoms with Gasteiger partial charge in [0.15, 0.2) is 5.96 Å². The number of nitrogens with one attached hydrogen (secondary N) is 2. The van der Waals surface area contributed by atoms with Crippen LogP contribution >= 0.6 is 0 Å². The third kappa shape index (κ3) is 6.75. The molecule has 1 atom stereocenters. The number of aliphatic imine (C=N–C) groups is 1. The SMILES string of the molecule is CN=C(NCc1ccc(COC)cc1)NCc1ccc(C)cc1OCC1CCOC1. The fourth-order valence-corrected chi connectivity index (χ4v) is 3.37. The van der Waals surface area contributed by atoms with Crippen molar-refractivity contribution in [3.8, 4) is 5.75 Å². The Morgan fingerprint density at radius 3 is 2.57 bits per heavy atom. The Morgan fingerprint density at radius 1 is 1.10 bits per heavy atom. The standard InChI is InChI=1S/C24H33N3O3/c1-18-4-9-22(23(12-18)30-17-21-10-11-29-16-21)14-27-24(25-2)26-13-19-5-7-20(8-6-19)15-28-3/h4-9,12,21H,10-11,13-17H2,1-3H3,(H2,25,26,27). The van der Waals surface area contributed by atoms with Crippen LogP contribution in [0.4, 0.5) is 0 Å². The van der Waals surface area contributed by atoms with E-state index in [9.17, 15) is 0 Å². The Kier molecular flexibility index (Phi) is 8.53. The maximum Gasteiger partial charge on any atom is 0.191 e. The number of nitrogens with zero attached hydrogens (tertiary/aromatic N) is 1. The number of benzene rings is 2. The molecule has 2 N–H and O–H groups in total. The van der Waals surface area contributed by atoms with Crippen molar-refractivity contribution in [2.24, 2.45) is 10.9 Å². The third-order valence-electron chi connectivity index (χ3n) is 5.19. The van der Waals surface area contributed by atoms with Gasteiger partial charge in [0.2, 0.25) is 0 Å². The zero-order valence-electron chi connectivity index (χ0n) is 18.2. The molecule has 30 heavy (non-hydrogen) atoms. The Balaban J connectivity index is 1.52. The largest absolute Gasteiger partial charge is 0.493 e. The summed E-state index contributed by atoms with van der Waals surface area (Å²) >= 11 is 0. The molecule has 0 saturated carbocycles. The van der Waals surface area contributed by atoms with Crippen LogP contribution in [0.2, 0.25) is 0 Å². The normalized spacial score (nSPS) is 16.5. The molecule has 6 heteroatoms. The van der Waals surface area contributed by atoms with Crippen molar-refractivity contribution in [2.75, 3.05) is 34.0 Å². The van der Waals surface area contributed by atoms with Gasteiger partial charge in [0, 0.05) is 45.3 Å². The van der Waals surface area contributed by atoms with Crippen LogP contribution in [0.5, 0.6) is 5.75 Å². The summed E-state index contributed by atoms with van der Waals surface area (Å²) < 4.78 is 16.7. The summed E-state index contributed by atoms with van der Waals surface area (Å²) in [6.45, 7) is 6.39. The summed E-state index contributed by atoms with van der Waals surface area (Å²) in [6.07, 6.45) is 1.07. The molecule has 0 aliphatic carbocycles. The number of hydrogen-bond acceptors (Lipinski definition) is 4. The Hall–Kier alpha value is -2.57. The predicted molar refractivity (Wildman–Crippen MR) is 120 cm³/mol. The van der Waals surface area contributed by atoms with E-state index in [2.05, 4.69) is 65.0 Å². The quantitative estimate of drug-likeness (QED) is 0.489. The Labute approximate surface area is 179 Å². The van der Waals surface area contributed by atoms with Gasteiger partial charge < -0.3 is 24.8 Å². The molecular formula is C24H33N3O3. The van der Waals surface area contributed by atoms with Crippen molar-refractivity contribution in [2.45, 2.75) is 33.0 Å². The molecule has 1 aliphatic heterocycles. The van der Waals surface area contributed by atoms with E-state index in [1.54, 1.807) is 14.2 Å². The molecule has 0 amide bonds. The fourth-order valence-electron chi connectivity index (χ4n) is 3.37. The summed E-state index contributed by atoms with van der Waals surface area (Å²) in [5.41, 5.74) is 4.66. The minimum atomic E-state index is 0.482. The van der Waals surface area contributed by atoms with E-state index in [0.29, 0.717) is 32.2 Å². The minimum Gasteiger partial charge on any atom is -0.493 e. The topological polar surface area (TPSA) is 64.1 Å². The average Bonchev–Trinajstić information content (AvgIpc) is 3.28. The van der Waals surface area contributed by atoms with Crippen LogP contribution in [0, 0.1) is 12.8 Å². The number of hydrogen-bond donors (Lipinski definition) is 2. The van der Waals surface area contributed by atoms with Gasteiger partial charge in [-0.3, -0.25) is 4.99 Å². The molecule has 0 radical (unpaired) electrons. The first-order valence-corrected chi connectivity index (χ1v) is 10.5. The first-order valence-electron chi connectivity index (χ1n) is 10.5. The van der Waals surface area contributed by atoms with E-state index in [-0.39, 0.29) is 0 Å². The highest BCUT2D eigenvalue weighted by atomic mass is 16.5. The molecule has 1 unspecified atom stereocenters. The Morgan fingerprint density at radius 2 is 1.87 bits per heavy atom. The van der Waals surface area contributed by atoms with Gasteiger partial charge in [-0.1, -0.05) is 36.4 Å². The fraction of sp³-hybridized carbons (Fsp3) is 0.458. The van der Waals surface area contributed by atoms with Crippen LogP contribution in [-0.4, -0.2) is 39.9 Å². The van der Waals surface area contributed by atoms with Gasteiger partial charge in [0.1, 0.15) is 5.75 Å². The van der Waals surface area contributed by atoms with Gasteiger partial charge in [-0.15, -0.1) is 0 Å². The zero-order valence-corrected chi connectivity index (χ0v) is 18.2. The second-order valence-electron chi connectivity index (χ2n) is 7.68. The number of aryl methyl sites for hydroxylation is 1. The van der Waals surface area contributed by atoms with Gasteiger partial charge in [-0.2, -0.15) is 0 Å². The van der Waals surface area contributed by atoms with Gasteiger partial charge in [-0.05, 0) is 36.1 Å². The molecule has 1 saturated heterocycles. The van der Waals surface area contributed by atoms with Gasteiger partial charge >= 0.3 is 0 Å². The molecular weight excluding hydrogens is 378 g/mol. The molecule has 3 rings (SSSR count). The molecule has 0 spiro atoms. The highest BCUT2D eigenvalue weighted by molar-refractivity contribution is 5.79. The van der Waals surface area contributed by atoms with Crippen molar-refractivity contribution in [3.63, 3.8) is 0 Å². The molecule has 0 aromatic heterocycles. The van der Waals surface area contributed by atoms with Crippen LogP contribution in [0.1, 0.15) is 28.7 Å². The zero-order chi connectivity index (χ0) is 21.2. The van der Waals surface area contributed by atoms with Crippen molar-refractivity contribution in [1.29, 1.82) is 0 Å². The van der Waals surface area contributed by atoms with E-state index in [1.165, 1.54) is 16.7 Å². The highest BCUT2D eigenvalue weighted by Crippen LogP contribution is 2.22. The van der Waals surface area contributed by atoms with E-state index in [1.807, 2.05) is 0 Å². The Bertz CT molecular complexity index is 815. The van der Waals surface area contributed by atoms with Crippen LogP contribution < -0.4 is 15.4 Å². The second-order valence-corrected chi connectivity index (χ2v) is 7.68. The lowest BCUT2D eigenvalue weighted by molar-refractivity contribution is 0.166. The first kappa shape index (κ1) is 22.1. The summed E-state index contributed by atoms with van der Waals surface area (Å²) in [6, 6.07) is 14.7. The van der Waals surface area contributed by atoms with Crippen LogP contribution in [-0.2, 0) is 29.2 Å². The summed E-state index contributed by atoms with van der Waals surface area (Å²) in [7, 11) is 3.49. The van der Waals surface area contributed by atoms with Gasteiger partial charge in [0.05, 0.1) is 19.8 Å². The first-order chi connectivity index (χ1) is 14.7. The van der Waals surface area contributed by atoms with E-state index in [0.717, 1.165) is 36.9 Å². The number of ether oxygens (including phenoxy) is 3. The van der Waals surface area contributed by atoms with Crippen molar-refractivity contribution in [3.05, 3.63) is 64.7 Å². The van der Waals surface area contributed by atoms with Crippen LogP contribution in [0.25, 0.3) is 0 Å². The number of guanidine groups is 1. The van der Waals surface area contributed by atoms with E-state index in [4.69, 9.17) is 14.2 Å². The van der Waals surface area contributed by atoms with E-state index >= 15 is 0 Å². The average molecular weight is 412 g/mol. The van der Waals surface area contributed by atoms with Crippen molar-refractivity contribution >= 4 is 5.96 Å². The van der Waals surface area contributed by atoms with Crippen molar-refractivity contribution in [1.82, 2.24) is 10.6 Å². The van der Waals surface area contributed by atoms with Crippen LogP contribution in [0.15, 0.2) is 47.5 Å². The molecule has 2 aromatic rings. The molecule has 1 heterocycles. The lowest BCUT2D eigenvalue weighted by Crippen LogP contribution is -2.36.